The van der Waals surface area contributed by atoms with Gasteiger partial charge in [0.2, 0.25) is 5.91 Å². The van der Waals surface area contributed by atoms with Crippen LogP contribution >= 0.6 is 0 Å². The second-order valence-corrected chi connectivity index (χ2v) is 8.50. The predicted molar refractivity (Wildman–Crippen MR) is 119 cm³/mol. The fourth-order valence-corrected chi connectivity index (χ4v) is 4.29. The van der Waals surface area contributed by atoms with Crippen molar-refractivity contribution in [2.45, 2.75) is 25.7 Å². The molecule has 3 rings (SSSR count). The third kappa shape index (κ3) is 5.13. The molecular weight excluding hydrogens is 418 g/mol. The van der Waals surface area contributed by atoms with Crippen LogP contribution in [0.4, 0.5) is 11.4 Å². The molecule has 0 fully saturated rings. The van der Waals surface area contributed by atoms with Crippen LogP contribution in [0.1, 0.15) is 29.5 Å². The highest BCUT2D eigenvalue weighted by molar-refractivity contribution is 7.92. The Hall–Kier alpha value is -3.59. The van der Waals surface area contributed by atoms with Gasteiger partial charge in [-0.3, -0.25) is 9.52 Å². The second kappa shape index (κ2) is 9.05. The van der Waals surface area contributed by atoms with E-state index >= 15 is 0 Å². The maximum absolute atomic E-state index is 13.0. The lowest BCUT2D eigenvalue weighted by molar-refractivity contribution is -0.114. The van der Waals surface area contributed by atoms with Crippen molar-refractivity contribution >= 4 is 39.5 Å². The number of rotatable bonds is 7. The van der Waals surface area contributed by atoms with Gasteiger partial charge in [0.05, 0.1) is 17.7 Å². The number of amides is 1. The molecule has 0 saturated carbocycles. The average Bonchev–Trinajstić information content (AvgIpc) is 3.06. The number of ether oxygens (including phenoxy) is 1. The first-order chi connectivity index (χ1) is 14.7. The molecular formula is C22H23N3O5S. The van der Waals surface area contributed by atoms with E-state index in [1.54, 1.807) is 68.5 Å². The number of benzene rings is 2. The number of hydrogen-bond acceptors (Lipinski definition) is 6. The number of nitrogens with one attached hydrogen (secondary N) is 2. The summed E-state index contributed by atoms with van der Waals surface area (Å²) in [5.41, 5.74) is 2.59. The summed E-state index contributed by atoms with van der Waals surface area (Å²) < 4.78 is 39.1. The van der Waals surface area contributed by atoms with Gasteiger partial charge in [0.1, 0.15) is 17.1 Å². The molecule has 2 aromatic carbocycles. The van der Waals surface area contributed by atoms with Gasteiger partial charge in [-0.05, 0) is 49.2 Å². The number of para-hydroxylation sites is 2. The van der Waals surface area contributed by atoms with Crippen molar-refractivity contribution in [3.63, 3.8) is 0 Å². The van der Waals surface area contributed by atoms with E-state index in [-0.39, 0.29) is 10.8 Å². The molecule has 1 heterocycles. The molecule has 2 N–H and O–H groups in total. The van der Waals surface area contributed by atoms with Crippen molar-refractivity contribution in [1.29, 1.82) is 0 Å². The van der Waals surface area contributed by atoms with Crippen LogP contribution in [0, 0.1) is 13.8 Å². The summed E-state index contributed by atoms with van der Waals surface area (Å²) in [7, 11) is -2.38. The van der Waals surface area contributed by atoms with E-state index in [9.17, 15) is 13.2 Å². The van der Waals surface area contributed by atoms with Crippen LogP contribution in [0.2, 0.25) is 0 Å². The lowest BCUT2D eigenvalue weighted by Crippen LogP contribution is -2.15. The summed E-state index contributed by atoms with van der Waals surface area (Å²) in [5.74, 6) is 0.544. The van der Waals surface area contributed by atoms with Crippen LogP contribution in [0.25, 0.3) is 12.2 Å². The Kier molecular flexibility index (Phi) is 6.45. The topological polar surface area (TPSA) is 111 Å². The molecule has 0 spiro atoms. The maximum Gasteiger partial charge on any atom is 0.262 e. The largest absolute Gasteiger partial charge is 0.495 e. The van der Waals surface area contributed by atoms with E-state index in [0.717, 1.165) is 0 Å². The highest BCUT2D eigenvalue weighted by Gasteiger charge is 2.19. The molecule has 0 aliphatic rings. The summed E-state index contributed by atoms with van der Waals surface area (Å²) >= 11 is 0. The molecule has 0 atom stereocenters. The smallest absolute Gasteiger partial charge is 0.262 e. The molecule has 0 radical (unpaired) electrons. The van der Waals surface area contributed by atoms with Gasteiger partial charge in [-0.2, -0.15) is 0 Å². The first-order valence-electron chi connectivity index (χ1n) is 9.39. The Bertz CT molecular complexity index is 1250. The molecule has 0 saturated heterocycles. The van der Waals surface area contributed by atoms with Crippen molar-refractivity contribution < 1.29 is 22.5 Å². The first-order valence-corrected chi connectivity index (χ1v) is 10.9. The highest BCUT2D eigenvalue weighted by atomic mass is 32.2. The monoisotopic (exact) mass is 441 g/mol. The second-order valence-electron chi connectivity index (χ2n) is 6.85. The normalized spacial score (nSPS) is 11.5. The quantitative estimate of drug-likeness (QED) is 0.568. The fourth-order valence-electron chi connectivity index (χ4n) is 2.94. The van der Waals surface area contributed by atoms with Gasteiger partial charge in [-0.1, -0.05) is 35.5 Å². The van der Waals surface area contributed by atoms with Gasteiger partial charge < -0.3 is 14.6 Å². The molecule has 0 aliphatic carbocycles. The van der Waals surface area contributed by atoms with Crippen LogP contribution in [0.15, 0.2) is 51.9 Å². The lowest BCUT2D eigenvalue weighted by Gasteiger charge is -2.13. The zero-order valence-electron chi connectivity index (χ0n) is 17.6. The van der Waals surface area contributed by atoms with Crippen molar-refractivity contribution in [2.75, 3.05) is 17.1 Å². The van der Waals surface area contributed by atoms with E-state index in [2.05, 4.69) is 15.2 Å². The molecule has 9 heteroatoms. The van der Waals surface area contributed by atoms with Crippen LogP contribution in [0.5, 0.6) is 5.75 Å². The van der Waals surface area contributed by atoms with E-state index < -0.39 is 10.0 Å². The Balaban J connectivity index is 1.92. The van der Waals surface area contributed by atoms with Crippen molar-refractivity contribution in [2.24, 2.45) is 0 Å². The minimum Gasteiger partial charge on any atom is -0.495 e. The summed E-state index contributed by atoms with van der Waals surface area (Å²) in [5, 5.41) is 6.53. The summed E-state index contributed by atoms with van der Waals surface area (Å²) in [6.45, 7) is 4.83. The lowest BCUT2D eigenvalue weighted by atomic mass is 10.1. The summed E-state index contributed by atoms with van der Waals surface area (Å²) in [6.07, 6.45) is 3.31. The van der Waals surface area contributed by atoms with Gasteiger partial charge in [0.25, 0.3) is 10.0 Å². The van der Waals surface area contributed by atoms with Gasteiger partial charge in [-0.25, -0.2) is 8.42 Å². The van der Waals surface area contributed by atoms with Gasteiger partial charge in [-0.15, -0.1) is 0 Å². The molecule has 1 amide bonds. The number of aryl methyl sites for hydroxylation is 2. The number of carbonyl (C=O) groups is 1. The number of methoxy groups -OCH3 is 1. The van der Waals surface area contributed by atoms with Gasteiger partial charge >= 0.3 is 0 Å². The van der Waals surface area contributed by atoms with Crippen molar-refractivity contribution in [1.82, 2.24) is 5.16 Å². The minimum absolute atomic E-state index is 0.136. The van der Waals surface area contributed by atoms with E-state index in [4.69, 9.17) is 9.26 Å². The highest BCUT2D eigenvalue weighted by Crippen LogP contribution is 2.28. The van der Waals surface area contributed by atoms with E-state index in [1.165, 1.54) is 14.0 Å². The molecule has 1 aromatic heterocycles. The number of sulfonamides is 1. The molecule has 162 valence electrons. The molecule has 8 nitrogen and oxygen atoms in total. The third-order valence-corrected chi connectivity index (χ3v) is 5.98. The number of nitrogens with zero attached hydrogens (tertiary/aromatic N) is 1. The van der Waals surface area contributed by atoms with E-state index in [1.807, 2.05) is 0 Å². The van der Waals surface area contributed by atoms with E-state index in [0.29, 0.717) is 39.7 Å². The van der Waals surface area contributed by atoms with Gasteiger partial charge in [0.15, 0.2) is 5.76 Å². The van der Waals surface area contributed by atoms with Crippen LogP contribution in [-0.2, 0) is 14.8 Å². The zero-order chi connectivity index (χ0) is 22.6. The first kappa shape index (κ1) is 22.1. The fraction of sp³-hybridized carbons (Fsp3) is 0.182. The molecule has 31 heavy (non-hydrogen) atoms. The predicted octanol–water partition coefficient (Wildman–Crippen LogP) is 4.23. The van der Waals surface area contributed by atoms with Crippen molar-refractivity contribution in [3.8, 4) is 5.75 Å². The maximum atomic E-state index is 13.0. The van der Waals surface area contributed by atoms with Gasteiger partial charge in [0, 0.05) is 6.92 Å². The third-order valence-electron chi connectivity index (χ3n) is 4.47. The number of carbonyl (C=O) groups excluding carboxylic acids is 1. The Labute approximate surface area is 181 Å². The van der Waals surface area contributed by atoms with Crippen LogP contribution in [0.3, 0.4) is 0 Å². The number of anilines is 2. The molecule has 0 unspecified atom stereocenters. The SMILES string of the molecule is COc1ccccc1NS(=O)(=O)c1cc(/C=C\c2onc(C)c2NC(C)=O)ccc1C. The van der Waals surface area contributed by atoms with Crippen LogP contribution in [-0.4, -0.2) is 26.6 Å². The summed E-state index contributed by atoms with van der Waals surface area (Å²) in [4.78, 5) is 11.5. The zero-order valence-corrected chi connectivity index (χ0v) is 18.4. The Morgan fingerprint density at radius 1 is 1.13 bits per heavy atom. The molecule has 0 aliphatic heterocycles. The number of hydrogen-bond donors (Lipinski definition) is 2. The standard InChI is InChI=1S/C22H23N3O5S/c1-14-9-10-17(11-12-20-22(23-16(3)26)15(2)24-30-20)13-21(14)31(27,28)25-18-7-5-6-8-19(18)29-4/h5-13,25H,1-4H3,(H,23,26)/b12-11-. The van der Waals surface area contributed by atoms with Crippen molar-refractivity contribution in [3.05, 3.63) is 65.0 Å². The Morgan fingerprint density at radius 3 is 2.58 bits per heavy atom. The molecule has 3 aromatic rings. The Morgan fingerprint density at radius 2 is 1.87 bits per heavy atom. The summed E-state index contributed by atoms with van der Waals surface area (Å²) in [6, 6.07) is 11.9. The molecule has 0 bridgehead atoms. The number of aromatic nitrogens is 1. The minimum atomic E-state index is -3.86. The van der Waals surface area contributed by atoms with Crippen LogP contribution < -0.4 is 14.8 Å². The average molecular weight is 442 g/mol.